The summed E-state index contributed by atoms with van der Waals surface area (Å²) < 4.78 is 8.44. The highest BCUT2D eigenvalue weighted by Gasteiger charge is 2.40. The van der Waals surface area contributed by atoms with Gasteiger partial charge in [0.15, 0.2) is 0 Å². The summed E-state index contributed by atoms with van der Waals surface area (Å²) in [4.78, 5) is 24.2. The molecule has 1 aromatic heterocycles. The highest BCUT2D eigenvalue weighted by Crippen LogP contribution is 2.35. The van der Waals surface area contributed by atoms with Gasteiger partial charge in [-0.05, 0) is 82.7 Å². The Kier molecular flexibility index (Phi) is 7.94. The third-order valence-electron chi connectivity index (χ3n) is 8.77. The highest BCUT2D eigenvalue weighted by molar-refractivity contribution is 5.82. The number of fused-ring (bicyclic) bond motifs is 1. The van der Waals surface area contributed by atoms with E-state index in [1.165, 1.54) is 6.42 Å². The number of hydrogen-bond donors (Lipinski definition) is 1. The van der Waals surface area contributed by atoms with Crippen molar-refractivity contribution < 1.29 is 4.74 Å². The average Bonchev–Trinajstić information content (AvgIpc) is 2.86. The summed E-state index contributed by atoms with van der Waals surface area (Å²) in [6.07, 6.45) is 5.61. The van der Waals surface area contributed by atoms with Gasteiger partial charge in [0.2, 0.25) is 0 Å². The van der Waals surface area contributed by atoms with Gasteiger partial charge in [-0.2, -0.15) is 0 Å². The van der Waals surface area contributed by atoms with E-state index < -0.39 is 0 Å². The zero-order chi connectivity index (χ0) is 26.2. The second kappa shape index (κ2) is 11.0. The fourth-order valence-electron chi connectivity index (χ4n) is 7.28. The molecule has 1 spiro atoms. The predicted molar refractivity (Wildman–Crippen MR) is 151 cm³/mol. The van der Waals surface area contributed by atoms with E-state index in [4.69, 9.17) is 9.72 Å². The minimum atomic E-state index is -0.0975. The number of piperidine rings is 2. The molecule has 2 aromatic rings. The van der Waals surface area contributed by atoms with Gasteiger partial charge in [-0.25, -0.2) is 4.98 Å². The molecule has 204 valence electrons. The third kappa shape index (κ3) is 5.45. The Labute approximate surface area is 222 Å². The summed E-state index contributed by atoms with van der Waals surface area (Å²) in [5, 5.41) is 4.20. The molecule has 3 saturated heterocycles. The number of nitrogens with one attached hydrogen (secondary N) is 1. The van der Waals surface area contributed by atoms with E-state index in [0.29, 0.717) is 18.4 Å². The van der Waals surface area contributed by atoms with Crippen molar-refractivity contribution in [2.75, 3.05) is 44.2 Å². The van der Waals surface area contributed by atoms with Gasteiger partial charge >= 0.3 is 0 Å². The average molecular weight is 510 g/mol. The maximum absolute atomic E-state index is 13.9. The number of nitrogens with zero attached hydrogens (tertiary/aromatic N) is 4. The van der Waals surface area contributed by atoms with Crippen LogP contribution in [0, 0.1) is 11.8 Å². The number of hydrogen-bond acceptors (Lipinski definition) is 6. The first-order valence-electron chi connectivity index (χ1n) is 14.7. The third-order valence-corrected chi connectivity index (χ3v) is 8.77. The Morgan fingerprint density at radius 2 is 1.84 bits per heavy atom. The van der Waals surface area contributed by atoms with E-state index in [1.807, 2.05) is 4.57 Å². The molecular weight excluding hydrogens is 462 g/mol. The molecule has 3 aliphatic rings. The second-order valence-corrected chi connectivity index (χ2v) is 12.2. The Hall–Kier alpha value is -1.96. The predicted octanol–water partition coefficient (Wildman–Crippen LogP) is 4.58. The molecule has 3 aliphatic heterocycles. The van der Waals surface area contributed by atoms with Gasteiger partial charge in [0.25, 0.3) is 5.56 Å². The van der Waals surface area contributed by atoms with Crippen LogP contribution in [0.1, 0.15) is 78.6 Å². The second-order valence-electron chi connectivity index (χ2n) is 12.2. The SMILES string of the molecule is CCC[C@H](c1nc2ccc(N3C[C@H](C)OC4(CCNCC4)C3)cc2c(=O)n1CC)N1C[C@H](C)C[C@H](C)C1. The Morgan fingerprint density at radius 1 is 1.11 bits per heavy atom. The van der Waals surface area contributed by atoms with Gasteiger partial charge in [0.05, 0.1) is 28.6 Å². The Balaban J connectivity index is 1.51. The van der Waals surface area contributed by atoms with Gasteiger partial charge in [-0.15, -0.1) is 0 Å². The standard InChI is InChI=1S/C30H47N5O2/c1-6-8-27(33-17-21(3)15-22(4)18-33)28-32-26-10-9-24(16-25(26)29(36)35(28)7-2)34-19-23(5)37-30(20-34)11-13-31-14-12-30/h9-10,16,21-23,27,31H,6-8,11-15,17-20H2,1-5H3/t21-,22+,23-,27+/m0/s1. The van der Waals surface area contributed by atoms with E-state index in [-0.39, 0.29) is 23.3 Å². The van der Waals surface area contributed by atoms with Crippen LogP contribution in [-0.4, -0.2) is 65.4 Å². The number of benzene rings is 1. The van der Waals surface area contributed by atoms with E-state index in [0.717, 1.165) is 87.4 Å². The largest absolute Gasteiger partial charge is 0.368 e. The lowest BCUT2D eigenvalue weighted by Crippen LogP contribution is -2.58. The highest BCUT2D eigenvalue weighted by atomic mass is 16.5. The molecule has 0 amide bonds. The number of aromatic nitrogens is 2. The summed E-state index contributed by atoms with van der Waals surface area (Å²) >= 11 is 0. The van der Waals surface area contributed by atoms with Crippen molar-refractivity contribution in [3.05, 3.63) is 34.4 Å². The molecule has 0 bridgehead atoms. The molecule has 0 saturated carbocycles. The van der Waals surface area contributed by atoms with E-state index >= 15 is 0 Å². The number of likely N-dealkylation sites (tertiary alicyclic amines) is 1. The van der Waals surface area contributed by atoms with Crippen LogP contribution in [0.25, 0.3) is 10.9 Å². The van der Waals surface area contributed by atoms with Crippen LogP contribution < -0.4 is 15.8 Å². The van der Waals surface area contributed by atoms with Crippen LogP contribution in [0.4, 0.5) is 5.69 Å². The zero-order valence-electron chi connectivity index (χ0n) is 23.6. The first-order valence-corrected chi connectivity index (χ1v) is 14.7. The Morgan fingerprint density at radius 3 is 2.51 bits per heavy atom. The summed E-state index contributed by atoms with van der Waals surface area (Å²) in [7, 11) is 0. The van der Waals surface area contributed by atoms with Crippen molar-refractivity contribution in [3.8, 4) is 0 Å². The minimum Gasteiger partial charge on any atom is -0.368 e. The lowest BCUT2D eigenvalue weighted by atomic mass is 9.89. The normalized spacial score (nSPS) is 27.6. The van der Waals surface area contributed by atoms with Crippen LogP contribution in [0.15, 0.2) is 23.0 Å². The quantitative estimate of drug-likeness (QED) is 0.615. The molecule has 0 unspecified atom stereocenters. The van der Waals surface area contributed by atoms with Crippen molar-refractivity contribution in [2.45, 2.75) is 91.0 Å². The van der Waals surface area contributed by atoms with Crippen molar-refractivity contribution in [1.82, 2.24) is 19.8 Å². The van der Waals surface area contributed by atoms with Gasteiger partial charge < -0.3 is 15.0 Å². The lowest BCUT2D eigenvalue weighted by molar-refractivity contribution is -0.113. The van der Waals surface area contributed by atoms with E-state index in [2.05, 4.69) is 67.9 Å². The van der Waals surface area contributed by atoms with Crippen molar-refractivity contribution in [1.29, 1.82) is 0 Å². The summed E-state index contributed by atoms with van der Waals surface area (Å²) in [5.74, 6) is 2.30. The van der Waals surface area contributed by atoms with Gasteiger partial charge in [-0.3, -0.25) is 14.3 Å². The fraction of sp³-hybridized carbons (Fsp3) is 0.733. The van der Waals surface area contributed by atoms with E-state index in [1.54, 1.807) is 0 Å². The molecule has 0 aliphatic carbocycles. The zero-order valence-corrected chi connectivity index (χ0v) is 23.6. The van der Waals surface area contributed by atoms with Gasteiger partial charge in [-0.1, -0.05) is 27.2 Å². The van der Waals surface area contributed by atoms with Crippen molar-refractivity contribution in [3.63, 3.8) is 0 Å². The molecule has 5 rings (SSSR count). The molecule has 7 heteroatoms. The topological polar surface area (TPSA) is 62.6 Å². The molecular formula is C30H47N5O2. The number of anilines is 1. The monoisotopic (exact) mass is 509 g/mol. The molecule has 4 atom stereocenters. The van der Waals surface area contributed by atoms with Crippen molar-refractivity contribution in [2.24, 2.45) is 11.8 Å². The number of rotatable bonds is 6. The Bertz CT molecular complexity index is 1130. The van der Waals surface area contributed by atoms with Crippen molar-refractivity contribution >= 4 is 16.6 Å². The lowest BCUT2D eigenvalue weighted by Gasteiger charge is -2.48. The first kappa shape index (κ1) is 26.6. The summed E-state index contributed by atoms with van der Waals surface area (Å²) in [5.41, 5.74) is 1.94. The fourth-order valence-corrected chi connectivity index (χ4v) is 7.28. The molecule has 3 fully saturated rings. The van der Waals surface area contributed by atoms with Gasteiger partial charge in [0, 0.05) is 38.4 Å². The summed E-state index contributed by atoms with van der Waals surface area (Å²) in [6, 6.07) is 6.52. The molecule has 1 aromatic carbocycles. The smallest absolute Gasteiger partial charge is 0.261 e. The minimum absolute atomic E-state index is 0.0975. The molecule has 37 heavy (non-hydrogen) atoms. The van der Waals surface area contributed by atoms with Crippen LogP contribution in [0.5, 0.6) is 0 Å². The maximum atomic E-state index is 13.9. The molecule has 1 N–H and O–H groups in total. The van der Waals surface area contributed by atoms with Crippen LogP contribution in [0.2, 0.25) is 0 Å². The molecule has 0 radical (unpaired) electrons. The van der Waals surface area contributed by atoms with E-state index in [9.17, 15) is 4.79 Å². The molecule has 7 nitrogen and oxygen atoms in total. The maximum Gasteiger partial charge on any atom is 0.261 e. The van der Waals surface area contributed by atoms with Gasteiger partial charge in [0.1, 0.15) is 5.82 Å². The van der Waals surface area contributed by atoms with Crippen LogP contribution >= 0.6 is 0 Å². The van der Waals surface area contributed by atoms with Crippen LogP contribution in [0.3, 0.4) is 0 Å². The summed E-state index contributed by atoms with van der Waals surface area (Å²) in [6.45, 7) is 17.7. The molecule has 4 heterocycles. The first-order chi connectivity index (χ1) is 17.8. The number of morpholine rings is 1. The number of ether oxygens (including phenoxy) is 1. The van der Waals surface area contributed by atoms with Crippen LogP contribution in [-0.2, 0) is 11.3 Å².